The summed E-state index contributed by atoms with van der Waals surface area (Å²) in [5.41, 5.74) is 1.59. The number of Topliss-reactive ketones (excluding diaryl/α,β-unsaturated/α-hetero) is 1. The molecule has 1 aliphatic heterocycles. The first kappa shape index (κ1) is 21.0. The largest absolute Gasteiger partial charge is 0.389 e. The third kappa shape index (κ3) is 6.42. The molecule has 2 unspecified atom stereocenters. The fraction of sp³-hybridized carbons (Fsp3) is 0.435. The van der Waals surface area contributed by atoms with Crippen molar-refractivity contribution in [1.82, 2.24) is 4.90 Å². The maximum atomic E-state index is 13.0. The van der Waals surface area contributed by atoms with Crippen LogP contribution >= 0.6 is 11.6 Å². The van der Waals surface area contributed by atoms with Gasteiger partial charge in [0, 0.05) is 23.6 Å². The lowest BCUT2D eigenvalue weighted by atomic mass is 10.00. The molecular formula is C23H28ClNO3. The molecule has 150 valence electrons. The number of aliphatic hydroxyl groups is 1. The molecule has 0 bridgehead atoms. The molecule has 3 rings (SSSR count). The van der Waals surface area contributed by atoms with Gasteiger partial charge in [0.2, 0.25) is 0 Å². The zero-order chi connectivity index (χ0) is 19.8. The van der Waals surface area contributed by atoms with E-state index in [2.05, 4.69) is 4.90 Å². The Morgan fingerprint density at radius 2 is 1.71 bits per heavy atom. The predicted molar refractivity (Wildman–Crippen MR) is 112 cm³/mol. The fourth-order valence-electron chi connectivity index (χ4n) is 3.57. The van der Waals surface area contributed by atoms with Gasteiger partial charge in [-0.15, -0.1) is 0 Å². The topological polar surface area (TPSA) is 49.8 Å². The van der Waals surface area contributed by atoms with Gasteiger partial charge >= 0.3 is 0 Å². The Kier molecular flexibility index (Phi) is 8.04. The van der Waals surface area contributed by atoms with Crippen LogP contribution in [0.15, 0.2) is 54.6 Å². The van der Waals surface area contributed by atoms with Crippen LogP contribution in [-0.4, -0.2) is 54.2 Å². The zero-order valence-corrected chi connectivity index (χ0v) is 16.9. The second kappa shape index (κ2) is 10.7. The molecule has 1 N–H and O–H groups in total. The standard InChI is InChI=1S/C23H28ClNO3/c24-20-11-9-18(10-12-20)15-22(23(27)19-7-3-1-4-8-19)28-17-21(26)16-25-13-5-2-6-14-25/h1,3-4,7-12,21-22,26H,2,5-6,13-17H2. The van der Waals surface area contributed by atoms with E-state index < -0.39 is 12.2 Å². The van der Waals surface area contributed by atoms with Crippen LogP contribution in [0.3, 0.4) is 0 Å². The highest BCUT2D eigenvalue weighted by Gasteiger charge is 2.23. The number of piperidine rings is 1. The van der Waals surface area contributed by atoms with E-state index in [-0.39, 0.29) is 12.4 Å². The summed E-state index contributed by atoms with van der Waals surface area (Å²) < 4.78 is 5.94. The van der Waals surface area contributed by atoms with Crippen molar-refractivity contribution in [1.29, 1.82) is 0 Å². The lowest BCUT2D eigenvalue weighted by molar-refractivity contribution is -0.0151. The molecule has 4 nitrogen and oxygen atoms in total. The van der Waals surface area contributed by atoms with Gasteiger partial charge in [0.25, 0.3) is 0 Å². The van der Waals surface area contributed by atoms with Crippen molar-refractivity contribution in [2.45, 2.75) is 37.9 Å². The number of halogens is 1. The number of rotatable bonds is 9. The Balaban J connectivity index is 1.63. The van der Waals surface area contributed by atoms with Crippen LogP contribution in [-0.2, 0) is 11.2 Å². The number of hydrogen-bond acceptors (Lipinski definition) is 4. The van der Waals surface area contributed by atoms with Crippen LogP contribution in [0, 0.1) is 0 Å². The zero-order valence-electron chi connectivity index (χ0n) is 16.1. The van der Waals surface area contributed by atoms with Crippen molar-refractivity contribution in [2.24, 2.45) is 0 Å². The van der Waals surface area contributed by atoms with Crippen molar-refractivity contribution in [2.75, 3.05) is 26.2 Å². The van der Waals surface area contributed by atoms with Gasteiger partial charge in [0.1, 0.15) is 6.10 Å². The molecule has 5 heteroatoms. The molecule has 0 amide bonds. The molecule has 1 saturated heterocycles. The average molecular weight is 402 g/mol. The summed E-state index contributed by atoms with van der Waals surface area (Å²) >= 11 is 5.97. The third-order valence-corrected chi connectivity index (χ3v) is 5.34. The number of aliphatic hydroxyl groups excluding tert-OH is 1. The summed E-state index contributed by atoms with van der Waals surface area (Å²) in [7, 11) is 0. The van der Waals surface area contributed by atoms with Crippen LogP contribution in [0.25, 0.3) is 0 Å². The molecule has 0 aliphatic carbocycles. The fourth-order valence-corrected chi connectivity index (χ4v) is 3.70. The first-order valence-electron chi connectivity index (χ1n) is 9.97. The number of ether oxygens (including phenoxy) is 1. The highest BCUT2D eigenvalue weighted by atomic mass is 35.5. The lowest BCUT2D eigenvalue weighted by Gasteiger charge is -2.29. The first-order chi connectivity index (χ1) is 13.6. The summed E-state index contributed by atoms with van der Waals surface area (Å²) in [6.45, 7) is 2.78. The van der Waals surface area contributed by atoms with Crippen LogP contribution in [0.5, 0.6) is 0 Å². The molecule has 1 heterocycles. The van der Waals surface area contributed by atoms with Gasteiger partial charge in [-0.1, -0.05) is 60.5 Å². The molecule has 1 fully saturated rings. The van der Waals surface area contributed by atoms with Gasteiger partial charge in [0.05, 0.1) is 12.7 Å². The monoisotopic (exact) mass is 401 g/mol. The number of ketones is 1. The highest BCUT2D eigenvalue weighted by molar-refractivity contribution is 6.30. The number of nitrogens with zero attached hydrogens (tertiary/aromatic N) is 1. The summed E-state index contributed by atoms with van der Waals surface area (Å²) in [6, 6.07) is 16.6. The van der Waals surface area contributed by atoms with Crippen LogP contribution in [0.4, 0.5) is 0 Å². The van der Waals surface area contributed by atoms with Crippen molar-refractivity contribution in [3.8, 4) is 0 Å². The Morgan fingerprint density at radius 3 is 2.39 bits per heavy atom. The molecule has 2 aromatic rings. The van der Waals surface area contributed by atoms with Crippen LogP contribution in [0.1, 0.15) is 35.2 Å². The summed E-state index contributed by atoms with van der Waals surface area (Å²) in [5.74, 6) is -0.0688. The molecule has 0 radical (unpaired) electrons. The number of β-amino-alcohol motifs (C(OH)–C–C–N with tert-alkyl or cyclic N) is 1. The third-order valence-electron chi connectivity index (χ3n) is 5.09. The second-order valence-electron chi connectivity index (χ2n) is 7.40. The minimum atomic E-state index is -0.639. The van der Waals surface area contributed by atoms with Crippen molar-refractivity contribution in [3.63, 3.8) is 0 Å². The molecule has 1 aliphatic rings. The van der Waals surface area contributed by atoms with Gasteiger partial charge in [0.15, 0.2) is 5.78 Å². The van der Waals surface area contributed by atoms with Crippen molar-refractivity contribution in [3.05, 3.63) is 70.7 Å². The second-order valence-corrected chi connectivity index (χ2v) is 7.83. The number of carbonyl (C=O) groups is 1. The molecule has 0 spiro atoms. The first-order valence-corrected chi connectivity index (χ1v) is 10.4. The van der Waals surface area contributed by atoms with Gasteiger partial charge < -0.3 is 14.7 Å². The van der Waals surface area contributed by atoms with Crippen LogP contribution < -0.4 is 0 Å². The SMILES string of the molecule is O=C(c1ccccc1)C(Cc1ccc(Cl)cc1)OCC(O)CN1CCCCC1. The van der Waals surface area contributed by atoms with E-state index in [1.165, 1.54) is 19.3 Å². The van der Waals surface area contributed by atoms with Crippen molar-refractivity contribution >= 4 is 17.4 Å². The average Bonchev–Trinajstić information content (AvgIpc) is 2.73. The molecule has 2 atom stereocenters. The number of benzene rings is 2. The summed E-state index contributed by atoms with van der Waals surface area (Å²) in [4.78, 5) is 15.2. The Labute approximate surface area is 172 Å². The number of hydrogen-bond donors (Lipinski definition) is 1. The van der Waals surface area contributed by atoms with Gasteiger partial charge in [-0.3, -0.25) is 4.79 Å². The normalized spacial score (nSPS) is 17.2. The smallest absolute Gasteiger partial charge is 0.191 e. The van der Waals surface area contributed by atoms with E-state index >= 15 is 0 Å². The van der Waals surface area contributed by atoms with E-state index in [0.717, 1.165) is 18.7 Å². The Hall–Kier alpha value is -1.72. The van der Waals surface area contributed by atoms with Gasteiger partial charge in [-0.2, -0.15) is 0 Å². The van der Waals surface area contributed by atoms with E-state index in [9.17, 15) is 9.90 Å². The molecule has 0 aromatic heterocycles. The van der Waals surface area contributed by atoms with E-state index in [1.54, 1.807) is 12.1 Å². The molecular weight excluding hydrogens is 374 g/mol. The molecule has 2 aromatic carbocycles. The number of carbonyl (C=O) groups excluding carboxylic acids is 1. The quantitative estimate of drug-likeness (QED) is 0.645. The lowest BCUT2D eigenvalue weighted by Crippen LogP contribution is -2.39. The summed E-state index contributed by atoms with van der Waals surface area (Å²) in [6.07, 6.45) is 2.83. The van der Waals surface area contributed by atoms with Gasteiger partial charge in [-0.25, -0.2) is 0 Å². The van der Waals surface area contributed by atoms with E-state index in [1.807, 2.05) is 42.5 Å². The molecule has 0 saturated carbocycles. The Bertz CT molecular complexity index is 729. The van der Waals surface area contributed by atoms with E-state index in [4.69, 9.17) is 16.3 Å². The Morgan fingerprint density at radius 1 is 1.04 bits per heavy atom. The number of likely N-dealkylation sites (tertiary alicyclic amines) is 1. The highest BCUT2D eigenvalue weighted by Crippen LogP contribution is 2.16. The van der Waals surface area contributed by atoms with Crippen molar-refractivity contribution < 1.29 is 14.6 Å². The maximum absolute atomic E-state index is 13.0. The molecule has 28 heavy (non-hydrogen) atoms. The maximum Gasteiger partial charge on any atom is 0.191 e. The minimum absolute atomic E-state index is 0.0688. The summed E-state index contributed by atoms with van der Waals surface area (Å²) in [5, 5.41) is 11.1. The van der Waals surface area contributed by atoms with Crippen LogP contribution in [0.2, 0.25) is 5.02 Å². The predicted octanol–water partition coefficient (Wildman–Crippen LogP) is 4.00. The van der Waals surface area contributed by atoms with E-state index in [0.29, 0.717) is 23.6 Å². The van der Waals surface area contributed by atoms with Gasteiger partial charge in [-0.05, 0) is 43.6 Å². The minimum Gasteiger partial charge on any atom is -0.389 e.